The minimum absolute atomic E-state index is 0.290. The Balaban J connectivity index is 0.000000233. The lowest BCUT2D eigenvalue weighted by Crippen LogP contribution is -2.01. The molecule has 4 heterocycles. The Morgan fingerprint density at radius 1 is 0.376 bits per heavy atom. The molecule has 604 valence electrons. The molecule has 0 unspecified atom stereocenters. The number of pyridine rings is 1. The van der Waals surface area contributed by atoms with Crippen molar-refractivity contribution in [3.63, 3.8) is 0 Å². The molecule has 0 aliphatic carbocycles. The zero-order chi connectivity index (χ0) is 83.8. The Morgan fingerprint density at radius 2 is 0.838 bits per heavy atom. The van der Waals surface area contributed by atoms with E-state index >= 15 is 0 Å². The SMILES string of the molecule is CC=CC.CC=COC.CC=Cc1c[nH]c2ccc(OCc3ccccc3)cc12.CCNC.COC(=O)c1cccc2ccccc12.COC=Cc1ccc2ccccc2c1.COC=Cc1ccccc1.COCc1ccccc1.COCc1ccccc1.c1cc2cc[nH]c2cn1.c1ccc2[nH]ccc2c1.c1ccc2ccccc2c1. The summed E-state index contributed by atoms with van der Waals surface area (Å²) in [7, 11) is 11.6. The van der Waals surface area contributed by atoms with E-state index in [2.05, 4.69) is 164 Å². The number of benzene rings is 12. The average Bonchev–Trinajstić information content (AvgIpc) is 1.71. The molecule has 16 aromatic rings. The maximum absolute atomic E-state index is 11.4. The lowest BCUT2D eigenvalue weighted by Gasteiger charge is -2.06. The molecule has 13 nitrogen and oxygen atoms in total. The Bertz CT molecular complexity index is 5140. The molecule has 13 heteroatoms. The molecule has 0 radical (unpaired) electrons. The second-order valence-corrected chi connectivity index (χ2v) is 25.1. The molecule has 0 saturated carbocycles. The van der Waals surface area contributed by atoms with Gasteiger partial charge in [0.15, 0.2) is 0 Å². The number of H-pyrrole nitrogens is 3. The van der Waals surface area contributed by atoms with Crippen LogP contribution < -0.4 is 10.1 Å². The molecule has 0 aliphatic heterocycles. The maximum Gasteiger partial charge on any atom is 0.338 e. The Labute approximate surface area is 693 Å². The standard InChI is InChI=1S/C18H17NO.C13H12O.C12H10O2.C10H8.C9H10O.C8H7N.2C8H10O.C7H6N2.C4H8O.C4H8.C3H9N/c1-2-6-15-12-19-18-10-9-16(11-17(15)18)20-13-14-7-4-3-5-8-14;1-14-9-8-11-6-7-12-4-2-3-5-13(12)10-11;1-14-12(13)11-8-4-6-9-5-2-3-7-10(9)11;1-2-6-10-8-4-3-7-9(10)5-1;1-10-8-7-9-5-3-2-4-6-9;1-2-4-8-7(3-1)5-6-9-8;2*1-9-7-8-5-3-2-4-6-8;1-3-8-5-7-6(1)2-4-9-7;1-3-4-5-2;2*1-3-4-2/h2-12,19H,13H2,1H3;2-10H,1H3;2-8H,1H3;1-8H;2-8H,1H3;1-6,9H;2*2-6H,7H2,1H3;1-5,9H;3-4H,1-2H3;3-4H,1-2H3;4H,3H2,1-2H3. The van der Waals surface area contributed by atoms with Crippen LogP contribution in [0.15, 0.2) is 390 Å². The van der Waals surface area contributed by atoms with Gasteiger partial charge in [0, 0.05) is 60.8 Å². The lowest BCUT2D eigenvalue weighted by molar-refractivity contribution is 0.0603. The van der Waals surface area contributed by atoms with Crippen LogP contribution in [0, 0.1) is 0 Å². The topological polar surface area (TPSA) is 154 Å². The van der Waals surface area contributed by atoms with Crippen molar-refractivity contribution in [3.8, 4) is 5.75 Å². The normalized spacial score (nSPS) is 10.2. The maximum atomic E-state index is 11.4. The number of nitrogens with zero attached hydrogens (tertiary/aromatic N) is 1. The van der Waals surface area contributed by atoms with Gasteiger partial charge in [-0.1, -0.05) is 298 Å². The number of hydrogen-bond acceptors (Lipinski definition) is 10. The molecule has 4 N–H and O–H groups in total. The molecule has 16 rings (SSSR count). The van der Waals surface area contributed by atoms with Gasteiger partial charge in [-0.2, -0.15) is 0 Å². The van der Waals surface area contributed by atoms with Gasteiger partial charge in [-0.25, -0.2) is 4.79 Å². The smallest absolute Gasteiger partial charge is 0.338 e. The minimum Gasteiger partial charge on any atom is -0.505 e. The third kappa shape index (κ3) is 37.8. The van der Waals surface area contributed by atoms with E-state index in [0.717, 1.165) is 45.2 Å². The number of carbonyl (C=O) groups excluding carboxylic acids is 1. The first-order chi connectivity index (χ1) is 57.5. The van der Waals surface area contributed by atoms with Crippen LogP contribution in [0.5, 0.6) is 5.75 Å². The molecule has 12 aromatic carbocycles. The number of methoxy groups -OCH3 is 6. The first-order valence-corrected chi connectivity index (χ1v) is 38.7. The van der Waals surface area contributed by atoms with Crippen LogP contribution in [-0.2, 0) is 48.2 Å². The van der Waals surface area contributed by atoms with Crippen molar-refractivity contribution < 1.29 is 38.0 Å². The number of aromatic nitrogens is 4. The van der Waals surface area contributed by atoms with Gasteiger partial charge in [0.05, 0.1) is 77.7 Å². The van der Waals surface area contributed by atoms with Crippen molar-refractivity contribution >= 4 is 89.2 Å². The van der Waals surface area contributed by atoms with Crippen LogP contribution in [-0.4, -0.2) is 82.2 Å². The van der Waals surface area contributed by atoms with Gasteiger partial charge in [0.1, 0.15) is 12.4 Å². The third-order valence-electron chi connectivity index (χ3n) is 16.6. The van der Waals surface area contributed by atoms with E-state index < -0.39 is 0 Å². The summed E-state index contributed by atoms with van der Waals surface area (Å²) in [5.74, 6) is 0.605. The summed E-state index contributed by atoms with van der Waals surface area (Å²) in [6.45, 7) is 13.1. The van der Waals surface area contributed by atoms with Crippen molar-refractivity contribution in [3.05, 3.63) is 428 Å². The van der Waals surface area contributed by atoms with Crippen LogP contribution in [0.3, 0.4) is 0 Å². The minimum atomic E-state index is -0.290. The van der Waals surface area contributed by atoms with Gasteiger partial charge in [0.2, 0.25) is 0 Å². The number of allylic oxidation sites excluding steroid dienone is 4. The van der Waals surface area contributed by atoms with Crippen LogP contribution in [0.25, 0.3) is 83.3 Å². The summed E-state index contributed by atoms with van der Waals surface area (Å²) in [5.41, 5.74) is 11.2. The largest absolute Gasteiger partial charge is 0.505 e. The third-order valence-corrected chi connectivity index (χ3v) is 16.6. The predicted molar refractivity (Wildman–Crippen MR) is 496 cm³/mol. The number of carbonyl (C=O) groups is 1. The van der Waals surface area contributed by atoms with E-state index in [4.69, 9.17) is 28.4 Å². The van der Waals surface area contributed by atoms with Gasteiger partial charge in [0.25, 0.3) is 0 Å². The van der Waals surface area contributed by atoms with E-state index in [1.807, 2.05) is 284 Å². The fourth-order valence-electron chi connectivity index (χ4n) is 10.6. The summed E-state index contributed by atoms with van der Waals surface area (Å²) in [6.07, 6.45) is 28.3. The molecule has 0 saturated heterocycles. The van der Waals surface area contributed by atoms with Crippen LogP contribution in [0.4, 0.5) is 0 Å². The van der Waals surface area contributed by atoms with E-state index in [9.17, 15) is 4.79 Å². The lowest BCUT2D eigenvalue weighted by atomic mass is 10.1. The molecule has 0 atom stereocenters. The summed E-state index contributed by atoms with van der Waals surface area (Å²) in [6, 6.07) is 106. The molecule has 0 fully saturated rings. The van der Waals surface area contributed by atoms with Gasteiger partial charge in [-0.3, -0.25) is 4.98 Å². The Hall–Kier alpha value is -13.6. The molecule has 0 spiro atoms. The molecular formula is C104H115N5O8. The van der Waals surface area contributed by atoms with Crippen molar-refractivity contribution in [1.29, 1.82) is 0 Å². The highest BCUT2D eigenvalue weighted by atomic mass is 16.5. The van der Waals surface area contributed by atoms with Crippen molar-refractivity contribution in [2.75, 3.05) is 56.3 Å². The second kappa shape index (κ2) is 60.1. The monoisotopic (exact) mass is 1560 g/mol. The van der Waals surface area contributed by atoms with Crippen molar-refractivity contribution in [2.45, 2.75) is 54.4 Å². The first-order valence-electron chi connectivity index (χ1n) is 38.7. The number of fused-ring (bicyclic) bond motifs is 6. The van der Waals surface area contributed by atoms with E-state index in [-0.39, 0.29) is 5.97 Å². The fourth-order valence-corrected chi connectivity index (χ4v) is 10.6. The van der Waals surface area contributed by atoms with Crippen LogP contribution >= 0.6 is 0 Å². The predicted octanol–water partition coefficient (Wildman–Crippen LogP) is 26.4. The number of hydrogen-bond donors (Lipinski definition) is 4. The molecule has 117 heavy (non-hydrogen) atoms. The Kier molecular flexibility index (Phi) is 48.3. The number of aromatic amines is 3. The van der Waals surface area contributed by atoms with E-state index in [0.29, 0.717) is 25.4 Å². The van der Waals surface area contributed by atoms with E-state index in [1.54, 1.807) is 66.6 Å². The zero-order valence-electron chi connectivity index (χ0n) is 69.7. The van der Waals surface area contributed by atoms with Gasteiger partial charge in [-0.05, 0) is 179 Å². The number of para-hydroxylation sites is 1. The van der Waals surface area contributed by atoms with Gasteiger partial charge >= 0.3 is 5.97 Å². The van der Waals surface area contributed by atoms with Crippen molar-refractivity contribution in [2.24, 2.45) is 0 Å². The van der Waals surface area contributed by atoms with Gasteiger partial charge in [-0.15, -0.1) is 0 Å². The molecular weight excluding hydrogens is 1450 g/mol. The summed E-state index contributed by atoms with van der Waals surface area (Å²) in [4.78, 5) is 24.8. The van der Waals surface area contributed by atoms with Gasteiger partial charge < -0.3 is 53.4 Å². The Morgan fingerprint density at radius 3 is 1.32 bits per heavy atom. The summed E-state index contributed by atoms with van der Waals surface area (Å²) < 4.78 is 34.6. The van der Waals surface area contributed by atoms with Crippen LogP contribution in [0.1, 0.15) is 78.4 Å². The zero-order valence-corrected chi connectivity index (χ0v) is 69.7. The molecule has 0 amide bonds. The molecule has 0 bridgehead atoms. The first kappa shape index (κ1) is 94.0. The fraction of sp³-hybridized carbons (Fsp3) is 0.154. The average molecular weight is 1560 g/mol. The number of rotatable bonds is 15. The second-order valence-electron chi connectivity index (χ2n) is 25.1. The van der Waals surface area contributed by atoms with Crippen LogP contribution in [0.2, 0.25) is 0 Å². The summed E-state index contributed by atoms with van der Waals surface area (Å²) >= 11 is 0. The highest BCUT2D eigenvalue weighted by molar-refractivity contribution is 6.04. The number of nitrogens with one attached hydrogen (secondary N) is 4. The van der Waals surface area contributed by atoms with Crippen molar-refractivity contribution in [1.82, 2.24) is 25.3 Å². The highest BCUT2D eigenvalue weighted by Gasteiger charge is 2.09. The highest BCUT2D eigenvalue weighted by Crippen LogP contribution is 2.26. The number of ether oxygens (including phenoxy) is 7. The van der Waals surface area contributed by atoms with E-state index in [1.165, 1.54) is 72.6 Å². The quantitative estimate of drug-likeness (QED) is 0.0443. The summed E-state index contributed by atoms with van der Waals surface area (Å²) in [5, 5.41) is 13.7. The molecule has 0 aliphatic rings. The molecule has 4 aromatic heterocycles. The number of esters is 1.